The lowest BCUT2D eigenvalue weighted by Crippen LogP contribution is -2.00. The Labute approximate surface area is 131 Å². The molecule has 1 aromatic heterocycles. The van der Waals surface area contributed by atoms with Crippen LogP contribution >= 0.6 is 34.4 Å². The van der Waals surface area contributed by atoms with Crippen LogP contribution in [0.25, 0.3) is 11.4 Å². The molecule has 1 heterocycles. The molecule has 2 aromatic rings. The summed E-state index contributed by atoms with van der Waals surface area (Å²) in [5, 5.41) is 2.94. The van der Waals surface area contributed by atoms with Crippen molar-refractivity contribution in [3.05, 3.63) is 34.0 Å². The maximum absolute atomic E-state index is 12.2. The molecule has 20 heavy (non-hydrogen) atoms. The Hall–Kier alpha value is -1.03. The lowest BCUT2D eigenvalue weighted by Gasteiger charge is -2.07. The Morgan fingerprint density at radius 2 is 1.85 bits per heavy atom. The van der Waals surface area contributed by atoms with E-state index in [0.717, 1.165) is 3.57 Å². The topological polar surface area (TPSA) is 37.8 Å². The minimum absolute atomic E-state index is 0.139. The molecule has 0 radical (unpaired) electrons. The SMILES string of the molecule is CNc1nc(-c2ccc(SC(F)(F)F)cc2)ncc1I. The quantitative estimate of drug-likeness (QED) is 0.600. The van der Waals surface area contributed by atoms with Crippen LogP contribution in [0.3, 0.4) is 0 Å². The van der Waals surface area contributed by atoms with E-state index in [2.05, 4.69) is 37.9 Å². The monoisotopic (exact) mass is 411 g/mol. The van der Waals surface area contributed by atoms with Crippen LogP contribution in [0.4, 0.5) is 19.0 Å². The van der Waals surface area contributed by atoms with E-state index >= 15 is 0 Å². The van der Waals surface area contributed by atoms with Crippen LogP contribution in [0.15, 0.2) is 35.4 Å². The van der Waals surface area contributed by atoms with Gasteiger partial charge in [-0.05, 0) is 46.5 Å². The van der Waals surface area contributed by atoms with Crippen molar-refractivity contribution in [2.45, 2.75) is 10.4 Å². The van der Waals surface area contributed by atoms with E-state index in [1.807, 2.05) is 0 Å². The van der Waals surface area contributed by atoms with Gasteiger partial charge in [0.2, 0.25) is 0 Å². The highest BCUT2D eigenvalue weighted by molar-refractivity contribution is 14.1. The van der Waals surface area contributed by atoms with Crippen LogP contribution in [0.2, 0.25) is 0 Å². The van der Waals surface area contributed by atoms with E-state index in [0.29, 0.717) is 17.2 Å². The Kier molecular flexibility index (Phi) is 4.74. The third-order valence-electron chi connectivity index (χ3n) is 2.33. The minimum Gasteiger partial charge on any atom is -0.372 e. The molecule has 1 N–H and O–H groups in total. The smallest absolute Gasteiger partial charge is 0.372 e. The second-order valence-corrected chi connectivity index (χ2v) is 6.01. The first kappa shape index (κ1) is 15.4. The van der Waals surface area contributed by atoms with Gasteiger partial charge in [-0.25, -0.2) is 9.97 Å². The van der Waals surface area contributed by atoms with Crippen LogP contribution in [-0.2, 0) is 0 Å². The summed E-state index contributed by atoms with van der Waals surface area (Å²) in [6.07, 6.45) is 1.66. The minimum atomic E-state index is -4.28. The van der Waals surface area contributed by atoms with Gasteiger partial charge in [0.1, 0.15) is 5.82 Å². The summed E-state index contributed by atoms with van der Waals surface area (Å²) < 4.78 is 37.6. The van der Waals surface area contributed by atoms with Crippen molar-refractivity contribution in [3.63, 3.8) is 0 Å². The summed E-state index contributed by atoms with van der Waals surface area (Å²) in [4.78, 5) is 8.62. The largest absolute Gasteiger partial charge is 0.446 e. The highest BCUT2D eigenvalue weighted by Gasteiger charge is 2.29. The molecule has 106 valence electrons. The number of thioether (sulfide) groups is 1. The molecule has 0 fully saturated rings. The molecule has 0 aliphatic rings. The van der Waals surface area contributed by atoms with Crippen LogP contribution in [-0.4, -0.2) is 22.5 Å². The molecule has 0 bridgehead atoms. The fraction of sp³-hybridized carbons (Fsp3) is 0.167. The molecule has 3 nitrogen and oxygen atoms in total. The summed E-state index contributed by atoms with van der Waals surface area (Å²) in [7, 11) is 1.75. The van der Waals surface area contributed by atoms with Crippen molar-refractivity contribution in [1.29, 1.82) is 0 Å². The van der Waals surface area contributed by atoms with Gasteiger partial charge in [0.05, 0.1) is 3.57 Å². The summed E-state index contributed by atoms with van der Waals surface area (Å²) in [5.74, 6) is 1.16. The maximum Gasteiger partial charge on any atom is 0.446 e. The Morgan fingerprint density at radius 1 is 1.20 bits per heavy atom. The fourth-order valence-corrected chi connectivity index (χ4v) is 2.56. The fourth-order valence-electron chi connectivity index (χ4n) is 1.49. The van der Waals surface area contributed by atoms with E-state index in [4.69, 9.17) is 0 Å². The molecule has 0 saturated heterocycles. The van der Waals surface area contributed by atoms with Crippen molar-refractivity contribution < 1.29 is 13.2 Å². The second kappa shape index (κ2) is 6.17. The number of aromatic nitrogens is 2. The zero-order valence-electron chi connectivity index (χ0n) is 10.2. The van der Waals surface area contributed by atoms with E-state index in [1.165, 1.54) is 12.1 Å². The highest BCUT2D eigenvalue weighted by Crippen LogP contribution is 2.37. The number of halogens is 4. The number of alkyl halides is 3. The number of anilines is 1. The van der Waals surface area contributed by atoms with Crippen molar-refractivity contribution in [3.8, 4) is 11.4 Å². The normalized spacial score (nSPS) is 11.4. The Balaban J connectivity index is 2.26. The van der Waals surface area contributed by atoms with Gasteiger partial charge >= 0.3 is 5.51 Å². The number of hydrogen-bond acceptors (Lipinski definition) is 4. The summed E-state index contributed by atoms with van der Waals surface area (Å²) in [6, 6.07) is 5.98. The molecule has 0 atom stereocenters. The third kappa shape index (κ3) is 3.98. The number of benzene rings is 1. The average molecular weight is 411 g/mol. The molecule has 1 aromatic carbocycles. The van der Waals surface area contributed by atoms with Gasteiger partial charge in [0.25, 0.3) is 0 Å². The lowest BCUT2D eigenvalue weighted by molar-refractivity contribution is -0.0328. The van der Waals surface area contributed by atoms with Crippen molar-refractivity contribution in [2.24, 2.45) is 0 Å². The summed E-state index contributed by atoms with van der Waals surface area (Å²) >= 11 is 1.96. The molecular formula is C12H9F3IN3S. The second-order valence-electron chi connectivity index (χ2n) is 3.71. The van der Waals surface area contributed by atoms with Crippen molar-refractivity contribution in [2.75, 3.05) is 12.4 Å². The molecule has 0 amide bonds. The van der Waals surface area contributed by atoms with Gasteiger partial charge < -0.3 is 5.32 Å². The molecular weight excluding hydrogens is 402 g/mol. The van der Waals surface area contributed by atoms with Crippen LogP contribution < -0.4 is 5.32 Å². The van der Waals surface area contributed by atoms with Gasteiger partial charge in [-0.3, -0.25) is 0 Å². The predicted molar refractivity (Wildman–Crippen MR) is 81.6 cm³/mol. The molecule has 2 rings (SSSR count). The highest BCUT2D eigenvalue weighted by atomic mass is 127. The first-order valence-corrected chi connectivity index (χ1v) is 7.35. The first-order chi connectivity index (χ1) is 9.39. The Bertz CT molecular complexity index is 602. The molecule has 0 unspecified atom stereocenters. The number of rotatable bonds is 3. The van der Waals surface area contributed by atoms with E-state index in [-0.39, 0.29) is 16.7 Å². The van der Waals surface area contributed by atoms with Crippen molar-refractivity contribution in [1.82, 2.24) is 9.97 Å². The zero-order chi connectivity index (χ0) is 14.8. The van der Waals surface area contributed by atoms with Crippen LogP contribution in [0.5, 0.6) is 0 Å². The van der Waals surface area contributed by atoms with Crippen molar-refractivity contribution >= 4 is 40.2 Å². The third-order valence-corrected chi connectivity index (χ3v) is 3.86. The van der Waals surface area contributed by atoms with Gasteiger partial charge in [-0.2, -0.15) is 13.2 Å². The summed E-state index contributed by atoms with van der Waals surface area (Å²) in [6.45, 7) is 0. The molecule has 0 saturated carbocycles. The van der Waals surface area contributed by atoms with E-state index in [1.54, 1.807) is 25.4 Å². The molecule has 0 aliphatic carbocycles. The predicted octanol–water partition coefficient (Wildman–Crippen LogP) is 4.40. The number of nitrogens with one attached hydrogen (secondary N) is 1. The van der Waals surface area contributed by atoms with Crippen LogP contribution in [0.1, 0.15) is 0 Å². The van der Waals surface area contributed by atoms with Gasteiger partial charge in [-0.1, -0.05) is 12.1 Å². The standard InChI is InChI=1S/C12H9F3IN3S/c1-17-11-9(16)6-18-10(19-11)7-2-4-8(5-3-7)20-12(13,14)15/h2-6H,1H3,(H,17,18,19). The Morgan fingerprint density at radius 3 is 2.40 bits per heavy atom. The van der Waals surface area contributed by atoms with Gasteiger partial charge in [0, 0.05) is 23.7 Å². The molecule has 0 aliphatic heterocycles. The van der Waals surface area contributed by atoms with E-state index in [9.17, 15) is 13.2 Å². The average Bonchev–Trinajstić information content (AvgIpc) is 2.38. The number of nitrogens with zero attached hydrogens (tertiary/aromatic N) is 2. The lowest BCUT2D eigenvalue weighted by atomic mass is 10.2. The zero-order valence-corrected chi connectivity index (χ0v) is 13.2. The maximum atomic E-state index is 12.2. The summed E-state index contributed by atoms with van der Waals surface area (Å²) in [5.41, 5.74) is -3.61. The van der Waals surface area contributed by atoms with E-state index < -0.39 is 5.51 Å². The first-order valence-electron chi connectivity index (χ1n) is 5.45. The number of hydrogen-bond donors (Lipinski definition) is 1. The van der Waals surface area contributed by atoms with Gasteiger partial charge in [-0.15, -0.1) is 0 Å². The molecule has 0 spiro atoms. The molecule has 8 heteroatoms. The van der Waals surface area contributed by atoms with Crippen LogP contribution in [0, 0.1) is 3.57 Å². The van der Waals surface area contributed by atoms with Gasteiger partial charge in [0.15, 0.2) is 5.82 Å².